The van der Waals surface area contributed by atoms with E-state index in [1.54, 1.807) is 18.2 Å². The van der Waals surface area contributed by atoms with E-state index in [1.165, 1.54) is 25.0 Å². The number of alkyl halides is 3. The molecular weight excluding hydrogens is 503 g/mol. The topological polar surface area (TPSA) is 57.8 Å². The molecule has 1 aliphatic carbocycles. The summed E-state index contributed by atoms with van der Waals surface area (Å²) in [5, 5.41) is 11.8. The maximum atomic E-state index is 13.6. The lowest BCUT2D eigenvalue weighted by Crippen LogP contribution is -2.31. The molecule has 0 amide bonds. The summed E-state index contributed by atoms with van der Waals surface area (Å²) in [5.41, 5.74) is 1.05. The van der Waals surface area contributed by atoms with Crippen molar-refractivity contribution in [2.75, 3.05) is 26.2 Å². The summed E-state index contributed by atoms with van der Waals surface area (Å²) in [5.74, 6) is -0.360. The molecule has 0 bridgehead atoms. The van der Waals surface area contributed by atoms with Crippen molar-refractivity contribution in [3.63, 3.8) is 0 Å². The third kappa shape index (κ3) is 5.41. The smallest absolute Gasteiger partial charge is 0.416 e. The number of halogens is 4. The van der Waals surface area contributed by atoms with Crippen molar-refractivity contribution < 1.29 is 18.4 Å². The highest BCUT2D eigenvalue weighted by Gasteiger charge is 2.34. The number of likely N-dealkylation sites (tertiary alicyclic amines) is 1. The molecule has 1 fully saturated rings. The van der Waals surface area contributed by atoms with Crippen molar-refractivity contribution >= 4 is 28.2 Å². The van der Waals surface area contributed by atoms with Gasteiger partial charge in [0.25, 0.3) is 0 Å². The van der Waals surface area contributed by atoms with Gasteiger partial charge < -0.3 is 10.1 Å². The molecule has 3 aromatic rings. The Morgan fingerprint density at radius 1 is 1.05 bits per heavy atom. The second kappa shape index (κ2) is 10.5. The maximum absolute atomic E-state index is 13.6. The summed E-state index contributed by atoms with van der Waals surface area (Å²) < 4.78 is 41.2. The number of unbranched alkanes of at least 4 members (excludes halogenated alkanes) is 1. The zero-order chi connectivity index (χ0) is 26.2. The molecule has 1 N–H and O–H groups in total. The van der Waals surface area contributed by atoms with E-state index < -0.39 is 11.7 Å². The number of hydrogen-bond acceptors (Lipinski definition) is 4. The molecule has 196 valence electrons. The first-order valence-electron chi connectivity index (χ1n) is 12.7. The van der Waals surface area contributed by atoms with Crippen molar-refractivity contribution in [2.45, 2.75) is 50.6 Å². The van der Waals surface area contributed by atoms with Crippen molar-refractivity contribution in [2.24, 2.45) is 4.99 Å². The quantitative estimate of drug-likeness (QED) is 0.300. The van der Waals surface area contributed by atoms with Gasteiger partial charge >= 0.3 is 6.18 Å². The monoisotopic (exact) mass is 531 g/mol. The van der Waals surface area contributed by atoms with E-state index in [2.05, 4.69) is 4.90 Å². The lowest BCUT2D eigenvalue weighted by molar-refractivity contribution is -0.137. The fourth-order valence-electron chi connectivity index (χ4n) is 5.53. The molecule has 0 radical (unpaired) electrons. The van der Waals surface area contributed by atoms with Crippen LogP contribution in [-0.4, -0.2) is 46.7 Å². The van der Waals surface area contributed by atoms with Crippen molar-refractivity contribution in [1.82, 2.24) is 9.63 Å². The minimum atomic E-state index is -4.45. The Balaban J connectivity index is 1.51. The summed E-state index contributed by atoms with van der Waals surface area (Å²) in [4.78, 5) is 20.8. The zero-order valence-electron chi connectivity index (χ0n) is 20.4. The lowest BCUT2D eigenvalue weighted by atomic mass is 9.80. The second-order valence-corrected chi connectivity index (χ2v) is 10.4. The van der Waals surface area contributed by atoms with Gasteiger partial charge in [-0.3, -0.25) is 9.79 Å². The summed E-state index contributed by atoms with van der Waals surface area (Å²) in [6, 6.07) is 9.96. The highest BCUT2D eigenvalue weighted by atomic mass is 35.5. The Labute approximate surface area is 218 Å². The first kappa shape index (κ1) is 25.8. The van der Waals surface area contributed by atoms with E-state index in [0.29, 0.717) is 46.0 Å². The lowest BCUT2D eigenvalue weighted by Gasteiger charge is -2.28. The van der Waals surface area contributed by atoms with Crippen LogP contribution in [0.5, 0.6) is 0 Å². The summed E-state index contributed by atoms with van der Waals surface area (Å²) in [7, 11) is 0. The fraction of sp³-hybridized carbons (Fsp3) is 0.429. The van der Waals surface area contributed by atoms with Crippen LogP contribution in [0.4, 0.5) is 13.2 Å². The van der Waals surface area contributed by atoms with Crippen molar-refractivity contribution in [3.8, 4) is 0 Å². The number of pyridine rings is 1. The minimum absolute atomic E-state index is 0.217. The molecule has 1 aromatic heterocycles. The zero-order valence-corrected chi connectivity index (χ0v) is 21.2. The van der Waals surface area contributed by atoms with Crippen LogP contribution in [0.15, 0.2) is 52.3 Å². The molecule has 1 atom stereocenters. The molecule has 5 nitrogen and oxygen atoms in total. The average molecular weight is 532 g/mol. The van der Waals surface area contributed by atoms with Gasteiger partial charge in [-0.05, 0) is 93.9 Å². The largest absolute Gasteiger partial charge is 0.428 e. The number of rotatable bonds is 6. The first-order chi connectivity index (χ1) is 17.7. The van der Waals surface area contributed by atoms with Gasteiger partial charge in [0, 0.05) is 17.3 Å². The molecular formula is C28H29ClF3N3O2. The summed E-state index contributed by atoms with van der Waals surface area (Å²) in [6.45, 7) is 3.79. The van der Waals surface area contributed by atoms with Crippen LogP contribution in [-0.2, 0) is 12.6 Å². The van der Waals surface area contributed by atoms with Crippen LogP contribution < -0.4 is 5.43 Å². The summed E-state index contributed by atoms with van der Waals surface area (Å²) in [6.07, 6.45) is 0.386. The van der Waals surface area contributed by atoms with Crippen LogP contribution in [0.1, 0.15) is 60.4 Å². The Morgan fingerprint density at radius 2 is 1.84 bits per heavy atom. The summed E-state index contributed by atoms with van der Waals surface area (Å²) >= 11 is 6.13. The van der Waals surface area contributed by atoms with E-state index in [0.717, 1.165) is 49.3 Å². The van der Waals surface area contributed by atoms with Crippen LogP contribution >= 0.6 is 11.6 Å². The van der Waals surface area contributed by atoms with Crippen molar-refractivity contribution in [3.05, 3.63) is 80.1 Å². The van der Waals surface area contributed by atoms with Gasteiger partial charge in [0.2, 0.25) is 0 Å². The third-order valence-electron chi connectivity index (χ3n) is 7.44. The standard InChI is InChI=1S/C28H29ClF3N3O2/c29-21-8-9-24-22(17-21)27(36)26-23(33-10-1-2-11-34-12-3-4-13-34)15-19(16-25(26)35(24)37)18-6-5-7-20(14-18)28(30,31)32/h5-9,14,17,19,37H,1-4,10-13,15-16H2. The van der Waals surface area contributed by atoms with Gasteiger partial charge in [-0.1, -0.05) is 29.8 Å². The van der Waals surface area contributed by atoms with Gasteiger partial charge in [0.15, 0.2) is 5.43 Å². The van der Waals surface area contributed by atoms with Gasteiger partial charge in [-0.2, -0.15) is 17.9 Å². The third-order valence-corrected chi connectivity index (χ3v) is 7.68. The Hall–Kier alpha value is -2.84. The number of aromatic nitrogens is 1. The predicted octanol–water partition coefficient (Wildman–Crippen LogP) is 6.31. The Bertz CT molecular complexity index is 1390. The van der Waals surface area contributed by atoms with Crippen molar-refractivity contribution in [1.29, 1.82) is 0 Å². The predicted molar refractivity (Wildman–Crippen MR) is 139 cm³/mol. The number of aliphatic imine (C=N–C) groups is 1. The van der Waals surface area contributed by atoms with E-state index in [1.807, 2.05) is 0 Å². The fourth-order valence-corrected chi connectivity index (χ4v) is 5.71. The second-order valence-electron chi connectivity index (χ2n) is 9.94. The van der Waals surface area contributed by atoms with Gasteiger partial charge in [0.05, 0.1) is 27.7 Å². The molecule has 2 aliphatic rings. The first-order valence-corrected chi connectivity index (χ1v) is 13.1. The molecule has 2 aromatic carbocycles. The van der Waals surface area contributed by atoms with Gasteiger partial charge in [-0.25, -0.2) is 0 Å². The van der Waals surface area contributed by atoms with E-state index >= 15 is 0 Å². The van der Waals surface area contributed by atoms with E-state index in [4.69, 9.17) is 16.6 Å². The molecule has 1 unspecified atom stereocenters. The molecule has 9 heteroatoms. The Morgan fingerprint density at radius 3 is 2.59 bits per heavy atom. The normalized spacial score (nSPS) is 19.6. The Kier molecular flexibility index (Phi) is 7.32. The van der Waals surface area contributed by atoms with E-state index in [9.17, 15) is 23.2 Å². The maximum Gasteiger partial charge on any atom is 0.416 e. The molecule has 2 heterocycles. The molecule has 37 heavy (non-hydrogen) atoms. The SMILES string of the molecule is O=c1c2c(n(O)c3ccc(Cl)cc13)CC(c1cccc(C(F)(F)F)c1)CC2=NCCCCN1CCCC1. The van der Waals surface area contributed by atoms with E-state index in [-0.39, 0.29) is 23.2 Å². The number of fused-ring (bicyclic) bond motifs is 2. The number of nitrogens with zero attached hydrogens (tertiary/aromatic N) is 3. The van der Waals surface area contributed by atoms with Crippen LogP contribution in [0.3, 0.4) is 0 Å². The molecule has 1 saturated heterocycles. The number of hydrogen-bond donors (Lipinski definition) is 1. The molecule has 0 spiro atoms. The van der Waals surface area contributed by atoms with Crippen LogP contribution in [0.25, 0.3) is 10.9 Å². The highest BCUT2D eigenvalue weighted by Crippen LogP contribution is 2.36. The van der Waals surface area contributed by atoms with Gasteiger partial charge in [-0.15, -0.1) is 0 Å². The molecule has 0 saturated carbocycles. The van der Waals surface area contributed by atoms with Crippen LogP contribution in [0, 0.1) is 0 Å². The molecule has 5 rings (SSSR count). The van der Waals surface area contributed by atoms with Crippen LogP contribution in [0.2, 0.25) is 5.02 Å². The highest BCUT2D eigenvalue weighted by molar-refractivity contribution is 6.31. The number of benzene rings is 2. The molecule has 1 aliphatic heterocycles. The van der Waals surface area contributed by atoms with Gasteiger partial charge in [0.1, 0.15) is 0 Å². The average Bonchev–Trinajstić information content (AvgIpc) is 3.40. The minimum Gasteiger partial charge on any atom is -0.428 e.